The molecule has 31 heavy (non-hydrogen) atoms. The zero-order chi connectivity index (χ0) is 21.8. The number of likely N-dealkylation sites (tertiary alicyclic amines) is 1. The lowest BCUT2D eigenvalue weighted by atomic mass is 9.98. The smallest absolute Gasteiger partial charge is 0.233 e. The minimum absolute atomic E-state index is 0.0530. The summed E-state index contributed by atoms with van der Waals surface area (Å²) in [5.74, 6) is 3.34. The summed E-state index contributed by atoms with van der Waals surface area (Å²) in [5, 5.41) is 4.09. The first-order valence-electron chi connectivity index (χ1n) is 10.0. The predicted molar refractivity (Wildman–Crippen MR) is 113 cm³/mol. The van der Waals surface area contributed by atoms with Crippen LogP contribution < -0.4 is 14.2 Å². The van der Waals surface area contributed by atoms with Crippen LogP contribution in [0.25, 0.3) is 0 Å². The number of carbonyl (C=O) groups is 1. The standard InChI is InChI=1S/C23H25N3O5/c1-28-18-7-5-4-6-16(18)12-21-24-23(31-25-21)17-13-26(14-17)22(27)11-15-8-9-19(29-2)20(10-15)30-3/h4-10,17H,11-14H2,1-3H3. The van der Waals surface area contributed by atoms with Crippen LogP contribution in [-0.2, 0) is 17.6 Å². The first-order chi connectivity index (χ1) is 15.1. The number of nitrogens with zero attached hydrogens (tertiary/aromatic N) is 3. The van der Waals surface area contributed by atoms with Crippen LogP contribution in [0.4, 0.5) is 0 Å². The number of amides is 1. The van der Waals surface area contributed by atoms with Gasteiger partial charge < -0.3 is 23.6 Å². The van der Waals surface area contributed by atoms with Gasteiger partial charge >= 0.3 is 0 Å². The van der Waals surface area contributed by atoms with Crippen molar-refractivity contribution in [1.82, 2.24) is 15.0 Å². The summed E-state index contributed by atoms with van der Waals surface area (Å²) in [6.45, 7) is 1.14. The molecule has 2 heterocycles. The second-order valence-electron chi connectivity index (χ2n) is 7.40. The second kappa shape index (κ2) is 9.07. The van der Waals surface area contributed by atoms with Gasteiger partial charge in [-0.2, -0.15) is 4.98 Å². The molecule has 2 aromatic carbocycles. The highest BCUT2D eigenvalue weighted by Crippen LogP contribution is 2.30. The van der Waals surface area contributed by atoms with E-state index in [4.69, 9.17) is 18.7 Å². The summed E-state index contributed by atoms with van der Waals surface area (Å²) >= 11 is 0. The van der Waals surface area contributed by atoms with Crippen molar-refractivity contribution < 1.29 is 23.5 Å². The molecule has 0 aliphatic carbocycles. The van der Waals surface area contributed by atoms with Gasteiger partial charge in [-0.15, -0.1) is 0 Å². The zero-order valence-corrected chi connectivity index (χ0v) is 17.8. The van der Waals surface area contributed by atoms with Crippen molar-refractivity contribution in [3.8, 4) is 17.2 Å². The maximum Gasteiger partial charge on any atom is 0.233 e. The molecular weight excluding hydrogens is 398 g/mol. The third kappa shape index (κ3) is 4.47. The average Bonchev–Trinajstić information content (AvgIpc) is 3.20. The Kier molecular flexibility index (Phi) is 6.06. The second-order valence-corrected chi connectivity index (χ2v) is 7.40. The van der Waals surface area contributed by atoms with E-state index in [9.17, 15) is 4.79 Å². The molecule has 0 saturated carbocycles. The van der Waals surface area contributed by atoms with Crippen LogP contribution in [0.15, 0.2) is 47.0 Å². The predicted octanol–water partition coefficient (Wildman–Crippen LogP) is 2.85. The number of hydrogen-bond acceptors (Lipinski definition) is 7. The number of rotatable bonds is 8. The number of carbonyl (C=O) groups excluding carboxylic acids is 1. The zero-order valence-electron chi connectivity index (χ0n) is 17.8. The minimum atomic E-state index is 0.0530. The lowest BCUT2D eigenvalue weighted by molar-refractivity contribution is -0.135. The first-order valence-corrected chi connectivity index (χ1v) is 10.0. The number of para-hydroxylation sites is 1. The van der Waals surface area contributed by atoms with Crippen molar-refractivity contribution in [1.29, 1.82) is 0 Å². The third-order valence-electron chi connectivity index (χ3n) is 5.41. The van der Waals surface area contributed by atoms with Crippen LogP contribution in [0.3, 0.4) is 0 Å². The molecule has 3 aromatic rings. The van der Waals surface area contributed by atoms with Crippen LogP contribution in [0.5, 0.6) is 17.2 Å². The molecule has 4 rings (SSSR count). The van der Waals surface area contributed by atoms with Crippen molar-refractivity contribution in [3.05, 3.63) is 65.3 Å². The van der Waals surface area contributed by atoms with E-state index in [1.54, 1.807) is 26.2 Å². The highest BCUT2D eigenvalue weighted by molar-refractivity contribution is 5.80. The summed E-state index contributed by atoms with van der Waals surface area (Å²) in [6, 6.07) is 13.3. The van der Waals surface area contributed by atoms with Gasteiger partial charge in [0.05, 0.1) is 33.7 Å². The van der Waals surface area contributed by atoms with Crippen LogP contribution in [0.2, 0.25) is 0 Å². The molecule has 1 aliphatic heterocycles. The molecule has 0 bridgehead atoms. The van der Waals surface area contributed by atoms with Gasteiger partial charge in [0, 0.05) is 25.1 Å². The molecule has 8 heteroatoms. The highest BCUT2D eigenvalue weighted by atomic mass is 16.5. The molecule has 162 valence electrons. The van der Waals surface area contributed by atoms with Gasteiger partial charge in [0.2, 0.25) is 11.8 Å². The third-order valence-corrected chi connectivity index (χ3v) is 5.41. The fourth-order valence-corrected chi connectivity index (χ4v) is 3.64. The average molecular weight is 423 g/mol. The maximum atomic E-state index is 12.6. The van der Waals surface area contributed by atoms with Crippen LogP contribution in [0.1, 0.15) is 28.8 Å². The van der Waals surface area contributed by atoms with Gasteiger partial charge in [-0.25, -0.2) is 0 Å². The van der Waals surface area contributed by atoms with E-state index in [-0.39, 0.29) is 11.8 Å². The van der Waals surface area contributed by atoms with E-state index in [1.165, 1.54) is 0 Å². The van der Waals surface area contributed by atoms with Gasteiger partial charge in [0.15, 0.2) is 17.3 Å². The molecule has 1 aromatic heterocycles. The monoisotopic (exact) mass is 423 g/mol. The summed E-state index contributed by atoms with van der Waals surface area (Å²) in [5.41, 5.74) is 1.88. The van der Waals surface area contributed by atoms with Crippen LogP contribution >= 0.6 is 0 Å². The topological polar surface area (TPSA) is 86.9 Å². The van der Waals surface area contributed by atoms with Crippen molar-refractivity contribution in [3.63, 3.8) is 0 Å². The van der Waals surface area contributed by atoms with Crippen molar-refractivity contribution >= 4 is 5.91 Å². The molecule has 1 fully saturated rings. The first kappa shape index (κ1) is 20.7. The summed E-state index contributed by atoms with van der Waals surface area (Å²) in [4.78, 5) is 18.9. The Morgan fingerprint density at radius 1 is 1.03 bits per heavy atom. The van der Waals surface area contributed by atoms with Gasteiger partial charge in [0.25, 0.3) is 0 Å². The van der Waals surface area contributed by atoms with Gasteiger partial charge in [-0.05, 0) is 23.8 Å². The SMILES string of the molecule is COc1ccccc1Cc1noc(C2CN(C(=O)Cc3ccc(OC)c(OC)c3)C2)n1. The molecule has 1 amide bonds. The van der Waals surface area contributed by atoms with E-state index < -0.39 is 0 Å². The quantitative estimate of drug-likeness (QED) is 0.551. The highest BCUT2D eigenvalue weighted by Gasteiger charge is 2.35. The molecule has 0 atom stereocenters. The Hall–Kier alpha value is -3.55. The van der Waals surface area contributed by atoms with Crippen molar-refractivity contribution in [2.45, 2.75) is 18.8 Å². The van der Waals surface area contributed by atoms with E-state index in [0.29, 0.717) is 49.1 Å². The molecule has 1 aliphatic rings. The van der Waals surface area contributed by atoms with E-state index >= 15 is 0 Å². The molecular formula is C23H25N3O5. The van der Waals surface area contributed by atoms with Gasteiger partial charge in [-0.3, -0.25) is 4.79 Å². The Labute approximate surface area is 180 Å². The van der Waals surface area contributed by atoms with Crippen LogP contribution in [0, 0.1) is 0 Å². The minimum Gasteiger partial charge on any atom is -0.496 e. The van der Waals surface area contributed by atoms with E-state index in [0.717, 1.165) is 16.9 Å². The van der Waals surface area contributed by atoms with Crippen molar-refractivity contribution in [2.24, 2.45) is 0 Å². The maximum absolute atomic E-state index is 12.6. The number of ether oxygens (including phenoxy) is 3. The number of methoxy groups -OCH3 is 3. The Morgan fingerprint density at radius 3 is 2.52 bits per heavy atom. The fraction of sp³-hybridized carbons (Fsp3) is 0.348. The molecule has 0 N–H and O–H groups in total. The summed E-state index contributed by atoms with van der Waals surface area (Å²) in [7, 11) is 4.81. The Bertz CT molecular complexity index is 1060. The lowest BCUT2D eigenvalue weighted by Gasteiger charge is -2.37. The molecule has 0 spiro atoms. The molecule has 0 radical (unpaired) electrons. The van der Waals surface area contributed by atoms with Crippen molar-refractivity contribution in [2.75, 3.05) is 34.4 Å². The number of aromatic nitrogens is 2. The van der Waals surface area contributed by atoms with Gasteiger partial charge in [0.1, 0.15) is 5.75 Å². The van der Waals surface area contributed by atoms with E-state index in [1.807, 2.05) is 42.5 Å². The van der Waals surface area contributed by atoms with Gasteiger partial charge in [-0.1, -0.05) is 29.4 Å². The van der Waals surface area contributed by atoms with Crippen LogP contribution in [-0.4, -0.2) is 55.4 Å². The Morgan fingerprint density at radius 2 is 1.77 bits per heavy atom. The molecule has 0 unspecified atom stereocenters. The summed E-state index contributed by atoms with van der Waals surface area (Å²) < 4.78 is 21.4. The summed E-state index contributed by atoms with van der Waals surface area (Å²) in [6.07, 6.45) is 0.831. The fourth-order valence-electron chi connectivity index (χ4n) is 3.64. The molecule has 8 nitrogen and oxygen atoms in total. The Balaban J connectivity index is 1.33. The lowest BCUT2D eigenvalue weighted by Crippen LogP contribution is -2.49. The normalized spacial score (nSPS) is 13.6. The largest absolute Gasteiger partial charge is 0.496 e. The number of hydrogen-bond donors (Lipinski definition) is 0. The molecule has 1 saturated heterocycles. The number of benzene rings is 2. The van der Waals surface area contributed by atoms with E-state index in [2.05, 4.69) is 10.1 Å².